The first-order valence-electron chi connectivity index (χ1n) is 21.3. The van der Waals surface area contributed by atoms with Gasteiger partial charge in [0.2, 0.25) is 0 Å². The van der Waals surface area contributed by atoms with E-state index in [0.29, 0.717) is 19.8 Å². The highest BCUT2D eigenvalue weighted by Crippen LogP contribution is 2.47. The Kier molecular flexibility index (Phi) is 12.5. The Hall–Kier alpha value is -6.88. The zero-order valence-corrected chi connectivity index (χ0v) is 35.3. The fraction of sp³-hybridized carbons (Fsp3) is 0.158. The molecular weight excluding hydrogens is 749 g/mol. The van der Waals surface area contributed by atoms with Crippen molar-refractivity contribution in [2.45, 2.75) is 39.2 Å². The summed E-state index contributed by atoms with van der Waals surface area (Å²) in [7, 11) is 0. The van der Waals surface area contributed by atoms with Crippen molar-refractivity contribution >= 4 is 0 Å². The second-order valence-corrected chi connectivity index (χ2v) is 15.2. The van der Waals surface area contributed by atoms with E-state index in [0.717, 1.165) is 89.6 Å². The first kappa shape index (κ1) is 40.9. The van der Waals surface area contributed by atoms with Crippen LogP contribution in [-0.4, -0.2) is 24.9 Å². The number of aliphatic hydroxyl groups excluding tert-OH is 1. The molecular formula is C57H52O4. The number of hydrogen-bond acceptors (Lipinski definition) is 4. The summed E-state index contributed by atoms with van der Waals surface area (Å²) in [6.45, 7) is 9.71. The minimum Gasteiger partial charge on any atom is -0.494 e. The molecule has 0 aromatic heterocycles. The lowest BCUT2D eigenvalue weighted by molar-refractivity contribution is 0.199. The minimum atomic E-state index is -0.694. The molecule has 4 nitrogen and oxygen atoms in total. The van der Waals surface area contributed by atoms with Crippen LogP contribution in [0.5, 0.6) is 17.2 Å². The summed E-state index contributed by atoms with van der Waals surface area (Å²) in [5.41, 5.74) is 13.8. The molecule has 0 saturated heterocycles. The summed E-state index contributed by atoms with van der Waals surface area (Å²) in [5.74, 6) is 2.60. The lowest BCUT2D eigenvalue weighted by Gasteiger charge is -2.37. The SMILES string of the molecule is CCOc1ccc(-c2ccc(C(c3ccc(-c4ccc(OCC)cc4)cc3)(c3ccc(-c4ccc(OCC)cc4)cc3)c3ccc(-c4ccc(C(C)O)cc4)cc3)cc2)cc1. The molecule has 8 aromatic carbocycles. The van der Waals surface area contributed by atoms with Gasteiger partial charge in [-0.05, 0) is 136 Å². The highest BCUT2D eigenvalue weighted by atomic mass is 16.5. The zero-order valence-electron chi connectivity index (χ0n) is 35.3. The third-order valence-corrected chi connectivity index (χ3v) is 11.5. The average Bonchev–Trinajstić information content (AvgIpc) is 3.31. The number of aliphatic hydroxyl groups is 1. The van der Waals surface area contributed by atoms with Crippen molar-refractivity contribution in [3.8, 4) is 61.8 Å². The molecule has 0 aliphatic rings. The van der Waals surface area contributed by atoms with Crippen LogP contribution in [0.2, 0.25) is 0 Å². The Bertz CT molecular complexity index is 2390. The van der Waals surface area contributed by atoms with Crippen molar-refractivity contribution in [1.82, 2.24) is 0 Å². The van der Waals surface area contributed by atoms with Gasteiger partial charge in [0.15, 0.2) is 0 Å². The van der Waals surface area contributed by atoms with Gasteiger partial charge in [0.05, 0.1) is 31.3 Å². The predicted molar refractivity (Wildman–Crippen MR) is 251 cm³/mol. The maximum Gasteiger partial charge on any atom is 0.119 e. The van der Waals surface area contributed by atoms with Crippen LogP contribution in [0.4, 0.5) is 0 Å². The third kappa shape index (κ3) is 8.73. The fourth-order valence-corrected chi connectivity index (χ4v) is 8.34. The van der Waals surface area contributed by atoms with Gasteiger partial charge in [-0.1, -0.05) is 158 Å². The third-order valence-electron chi connectivity index (χ3n) is 11.5. The summed E-state index contributed by atoms with van der Waals surface area (Å²) in [6, 6.07) is 69.3. The summed E-state index contributed by atoms with van der Waals surface area (Å²) < 4.78 is 17.2. The van der Waals surface area contributed by atoms with Crippen LogP contribution < -0.4 is 14.2 Å². The molecule has 0 amide bonds. The molecule has 0 saturated carbocycles. The van der Waals surface area contributed by atoms with Gasteiger partial charge in [0.25, 0.3) is 0 Å². The van der Waals surface area contributed by atoms with Crippen molar-refractivity contribution in [3.05, 3.63) is 222 Å². The monoisotopic (exact) mass is 800 g/mol. The molecule has 8 aromatic rings. The van der Waals surface area contributed by atoms with Gasteiger partial charge in [-0.2, -0.15) is 0 Å². The van der Waals surface area contributed by atoms with E-state index in [1.165, 1.54) is 0 Å². The van der Waals surface area contributed by atoms with Crippen LogP contribution in [0.1, 0.15) is 61.6 Å². The number of ether oxygens (including phenoxy) is 3. The standard InChI is InChI=1S/C57H52O4/c1-5-59-54-34-20-47(21-35-54)44-14-28-51(29-15-44)57(50-26-12-43(13-27-50)42-10-8-41(9-11-42)40(4)58,52-30-16-45(17-31-52)48-22-36-55(37-23-48)60-6-2)53-32-18-46(19-33-53)49-24-38-56(39-25-49)61-7-3/h8-40,58H,5-7H2,1-4H3. The van der Waals surface area contributed by atoms with E-state index in [-0.39, 0.29) is 0 Å². The molecule has 0 fully saturated rings. The summed E-state index contributed by atoms with van der Waals surface area (Å²) in [4.78, 5) is 0. The highest BCUT2D eigenvalue weighted by molar-refractivity contribution is 5.73. The van der Waals surface area contributed by atoms with Crippen molar-refractivity contribution in [2.75, 3.05) is 19.8 Å². The molecule has 4 heteroatoms. The van der Waals surface area contributed by atoms with Gasteiger partial charge in [0.1, 0.15) is 17.2 Å². The molecule has 1 unspecified atom stereocenters. The van der Waals surface area contributed by atoms with E-state index < -0.39 is 11.5 Å². The molecule has 1 N–H and O–H groups in total. The fourth-order valence-electron chi connectivity index (χ4n) is 8.34. The Morgan fingerprint density at radius 2 is 0.525 bits per heavy atom. The van der Waals surface area contributed by atoms with Crippen LogP contribution in [-0.2, 0) is 5.41 Å². The largest absolute Gasteiger partial charge is 0.494 e. The van der Waals surface area contributed by atoms with Gasteiger partial charge >= 0.3 is 0 Å². The van der Waals surface area contributed by atoms with Gasteiger partial charge in [-0.3, -0.25) is 0 Å². The number of hydrogen-bond donors (Lipinski definition) is 1. The lowest BCUT2D eigenvalue weighted by atomic mass is 9.64. The van der Waals surface area contributed by atoms with Gasteiger partial charge < -0.3 is 19.3 Å². The van der Waals surface area contributed by atoms with Crippen LogP contribution in [0, 0.1) is 0 Å². The molecule has 304 valence electrons. The van der Waals surface area contributed by atoms with Gasteiger partial charge in [0, 0.05) is 0 Å². The number of rotatable bonds is 15. The first-order chi connectivity index (χ1) is 29.9. The Balaban J connectivity index is 1.29. The molecule has 61 heavy (non-hydrogen) atoms. The highest BCUT2D eigenvalue weighted by Gasteiger charge is 2.38. The summed E-state index contributed by atoms with van der Waals surface area (Å²) in [5, 5.41) is 10.2. The van der Waals surface area contributed by atoms with Crippen LogP contribution in [0.25, 0.3) is 44.5 Å². The zero-order chi connectivity index (χ0) is 42.2. The molecule has 0 radical (unpaired) electrons. The van der Waals surface area contributed by atoms with E-state index in [4.69, 9.17) is 14.2 Å². The Morgan fingerprint density at radius 1 is 0.328 bits per heavy atom. The van der Waals surface area contributed by atoms with E-state index in [2.05, 4.69) is 146 Å². The molecule has 0 spiro atoms. The lowest BCUT2D eigenvalue weighted by Crippen LogP contribution is -2.31. The second-order valence-electron chi connectivity index (χ2n) is 15.2. The van der Waals surface area contributed by atoms with Crippen LogP contribution in [0.3, 0.4) is 0 Å². The van der Waals surface area contributed by atoms with E-state index >= 15 is 0 Å². The molecule has 0 aliphatic carbocycles. The topological polar surface area (TPSA) is 47.9 Å². The normalized spacial score (nSPS) is 11.8. The molecule has 1 atom stereocenters. The van der Waals surface area contributed by atoms with Crippen molar-refractivity contribution < 1.29 is 19.3 Å². The summed E-state index contributed by atoms with van der Waals surface area (Å²) >= 11 is 0. The molecule has 8 rings (SSSR count). The summed E-state index contributed by atoms with van der Waals surface area (Å²) in [6.07, 6.45) is -0.514. The van der Waals surface area contributed by atoms with E-state index in [1.54, 1.807) is 6.92 Å². The molecule has 0 aliphatic heterocycles. The maximum atomic E-state index is 10.2. The average molecular weight is 801 g/mol. The Morgan fingerprint density at radius 3 is 0.721 bits per heavy atom. The smallest absolute Gasteiger partial charge is 0.119 e. The van der Waals surface area contributed by atoms with Crippen LogP contribution in [0.15, 0.2) is 194 Å². The van der Waals surface area contributed by atoms with Gasteiger partial charge in [-0.25, -0.2) is 0 Å². The van der Waals surface area contributed by atoms with Gasteiger partial charge in [-0.15, -0.1) is 0 Å². The second kappa shape index (κ2) is 18.6. The maximum absolute atomic E-state index is 10.2. The molecule has 0 heterocycles. The van der Waals surface area contributed by atoms with Crippen molar-refractivity contribution in [2.24, 2.45) is 0 Å². The van der Waals surface area contributed by atoms with Crippen molar-refractivity contribution in [1.29, 1.82) is 0 Å². The predicted octanol–water partition coefficient (Wildman–Crippen LogP) is 14.0. The number of benzene rings is 8. The minimum absolute atomic E-state index is 0.514. The van der Waals surface area contributed by atoms with Crippen molar-refractivity contribution in [3.63, 3.8) is 0 Å². The first-order valence-corrected chi connectivity index (χ1v) is 21.3. The van der Waals surface area contributed by atoms with E-state index in [1.807, 2.05) is 69.3 Å². The molecule has 0 bridgehead atoms. The Labute approximate surface area is 360 Å². The van der Waals surface area contributed by atoms with E-state index in [9.17, 15) is 5.11 Å². The van der Waals surface area contributed by atoms with Crippen LogP contribution >= 0.6 is 0 Å². The quantitative estimate of drug-likeness (QED) is 0.105.